The molecule has 4 heteroatoms. The average Bonchev–Trinajstić information content (AvgIpc) is 3.26. The fourth-order valence-electron chi connectivity index (χ4n) is 2.16. The lowest BCUT2D eigenvalue weighted by atomic mass is 10.2. The van der Waals surface area contributed by atoms with Crippen LogP contribution >= 0.6 is 15.9 Å². The van der Waals surface area contributed by atoms with E-state index in [1.807, 2.05) is 0 Å². The predicted molar refractivity (Wildman–Crippen MR) is 85.5 cm³/mol. The van der Waals surface area contributed by atoms with Crippen molar-refractivity contribution in [3.05, 3.63) is 22.2 Å². The molecule has 0 spiro atoms. The molecule has 0 saturated heterocycles. The fourth-order valence-corrected chi connectivity index (χ4v) is 2.77. The Bertz CT molecular complexity index is 433. The molecule has 112 valence electrons. The van der Waals surface area contributed by atoms with Crippen molar-refractivity contribution >= 4 is 15.9 Å². The Balaban J connectivity index is 1.92. The maximum absolute atomic E-state index is 5.74. The summed E-state index contributed by atoms with van der Waals surface area (Å²) in [5.74, 6) is 2.58. The monoisotopic (exact) mass is 341 g/mol. The second-order valence-corrected chi connectivity index (χ2v) is 6.22. The molecular weight excluding hydrogens is 318 g/mol. The molecule has 0 atom stereocenters. The van der Waals surface area contributed by atoms with E-state index in [9.17, 15) is 0 Å². The largest absolute Gasteiger partial charge is 0.493 e. The van der Waals surface area contributed by atoms with Crippen LogP contribution in [0.1, 0.15) is 38.2 Å². The third kappa shape index (κ3) is 4.67. The van der Waals surface area contributed by atoms with E-state index >= 15 is 0 Å². The summed E-state index contributed by atoms with van der Waals surface area (Å²) < 4.78 is 12.1. The molecular formula is C16H24BrNO2. The molecule has 1 fully saturated rings. The molecule has 0 aromatic heterocycles. The van der Waals surface area contributed by atoms with E-state index < -0.39 is 0 Å². The Morgan fingerprint density at radius 3 is 2.80 bits per heavy atom. The normalized spacial score (nSPS) is 14.3. The maximum Gasteiger partial charge on any atom is 0.175 e. The van der Waals surface area contributed by atoms with E-state index in [-0.39, 0.29) is 0 Å². The first-order chi connectivity index (χ1) is 9.74. The Hall–Kier alpha value is -0.740. The van der Waals surface area contributed by atoms with Gasteiger partial charge in [0.25, 0.3) is 0 Å². The van der Waals surface area contributed by atoms with E-state index in [1.165, 1.54) is 24.8 Å². The van der Waals surface area contributed by atoms with Gasteiger partial charge in [0.05, 0.1) is 18.2 Å². The predicted octanol–water partition coefficient (Wildman–Crippen LogP) is 4.14. The van der Waals surface area contributed by atoms with E-state index in [0.717, 1.165) is 41.4 Å². The average molecular weight is 342 g/mol. The molecule has 0 unspecified atom stereocenters. The van der Waals surface area contributed by atoms with Crippen LogP contribution in [0, 0.1) is 5.92 Å². The van der Waals surface area contributed by atoms with Gasteiger partial charge in [-0.15, -0.1) is 0 Å². The SMILES string of the molecule is CCCOc1c(Br)cc(CNCCC2CC2)cc1OC. The van der Waals surface area contributed by atoms with Gasteiger partial charge in [0, 0.05) is 6.54 Å². The summed E-state index contributed by atoms with van der Waals surface area (Å²) in [4.78, 5) is 0. The van der Waals surface area contributed by atoms with Crippen LogP contribution in [0.4, 0.5) is 0 Å². The first kappa shape index (κ1) is 15.6. The summed E-state index contributed by atoms with van der Waals surface area (Å²) >= 11 is 3.58. The van der Waals surface area contributed by atoms with Crippen LogP contribution in [0.3, 0.4) is 0 Å². The lowest BCUT2D eigenvalue weighted by molar-refractivity contribution is 0.292. The van der Waals surface area contributed by atoms with Crippen molar-refractivity contribution in [1.29, 1.82) is 0 Å². The summed E-state index contributed by atoms with van der Waals surface area (Å²) in [5.41, 5.74) is 1.22. The summed E-state index contributed by atoms with van der Waals surface area (Å²) in [6.07, 6.45) is 5.13. The Kier molecular flexibility index (Phi) is 6.17. The summed E-state index contributed by atoms with van der Waals surface area (Å²) in [5, 5.41) is 3.50. The highest BCUT2D eigenvalue weighted by atomic mass is 79.9. The maximum atomic E-state index is 5.74. The lowest BCUT2D eigenvalue weighted by Gasteiger charge is -2.14. The van der Waals surface area contributed by atoms with Gasteiger partial charge in [-0.05, 0) is 58.9 Å². The van der Waals surface area contributed by atoms with E-state index in [0.29, 0.717) is 6.61 Å². The number of methoxy groups -OCH3 is 1. The molecule has 1 aliphatic rings. The number of rotatable bonds is 9. The van der Waals surface area contributed by atoms with Crippen molar-refractivity contribution in [2.75, 3.05) is 20.3 Å². The first-order valence-electron chi connectivity index (χ1n) is 7.44. The van der Waals surface area contributed by atoms with Gasteiger partial charge in [-0.3, -0.25) is 0 Å². The molecule has 0 radical (unpaired) electrons. The fraction of sp³-hybridized carbons (Fsp3) is 0.625. The van der Waals surface area contributed by atoms with Crippen molar-refractivity contribution in [2.24, 2.45) is 5.92 Å². The molecule has 1 aromatic carbocycles. The van der Waals surface area contributed by atoms with Gasteiger partial charge < -0.3 is 14.8 Å². The van der Waals surface area contributed by atoms with Crippen molar-refractivity contribution in [3.8, 4) is 11.5 Å². The molecule has 0 aliphatic heterocycles. The van der Waals surface area contributed by atoms with Gasteiger partial charge in [0.15, 0.2) is 11.5 Å². The highest BCUT2D eigenvalue weighted by Crippen LogP contribution is 2.37. The number of hydrogen-bond donors (Lipinski definition) is 1. The zero-order valence-corrected chi connectivity index (χ0v) is 14.0. The second kappa shape index (κ2) is 7.89. The quantitative estimate of drug-likeness (QED) is 0.685. The molecule has 1 aromatic rings. The van der Waals surface area contributed by atoms with Gasteiger partial charge in [0.1, 0.15) is 0 Å². The zero-order chi connectivity index (χ0) is 14.4. The van der Waals surface area contributed by atoms with Gasteiger partial charge >= 0.3 is 0 Å². The highest BCUT2D eigenvalue weighted by Gasteiger charge is 2.20. The van der Waals surface area contributed by atoms with Crippen LogP contribution < -0.4 is 14.8 Å². The van der Waals surface area contributed by atoms with Gasteiger partial charge in [-0.25, -0.2) is 0 Å². The molecule has 0 heterocycles. The van der Waals surface area contributed by atoms with E-state index in [2.05, 4.69) is 40.3 Å². The van der Waals surface area contributed by atoms with Crippen LogP contribution in [0.15, 0.2) is 16.6 Å². The standard InChI is InChI=1S/C16H24BrNO2/c1-3-8-20-16-14(17)9-13(10-15(16)19-2)11-18-7-6-12-4-5-12/h9-10,12,18H,3-8,11H2,1-2H3. The highest BCUT2D eigenvalue weighted by molar-refractivity contribution is 9.10. The van der Waals surface area contributed by atoms with E-state index in [4.69, 9.17) is 9.47 Å². The van der Waals surface area contributed by atoms with Crippen molar-refractivity contribution in [3.63, 3.8) is 0 Å². The molecule has 1 N–H and O–H groups in total. The molecule has 2 rings (SSSR count). The summed E-state index contributed by atoms with van der Waals surface area (Å²) in [7, 11) is 1.69. The minimum Gasteiger partial charge on any atom is -0.493 e. The number of ether oxygens (including phenoxy) is 2. The smallest absolute Gasteiger partial charge is 0.175 e. The Labute approximate surface area is 130 Å². The molecule has 1 aliphatic carbocycles. The second-order valence-electron chi connectivity index (χ2n) is 5.37. The van der Waals surface area contributed by atoms with Crippen LogP contribution in [0.2, 0.25) is 0 Å². The molecule has 0 bridgehead atoms. The van der Waals surface area contributed by atoms with E-state index in [1.54, 1.807) is 7.11 Å². The van der Waals surface area contributed by atoms with Gasteiger partial charge in [0.2, 0.25) is 0 Å². The topological polar surface area (TPSA) is 30.5 Å². The van der Waals surface area contributed by atoms with Gasteiger partial charge in [-0.1, -0.05) is 19.8 Å². The number of halogens is 1. The molecule has 3 nitrogen and oxygen atoms in total. The van der Waals surface area contributed by atoms with Gasteiger partial charge in [-0.2, -0.15) is 0 Å². The Morgan fingerprint density at radius 1 is 1.35 bits per heavy atom. The third-order valence-electron chi connectivity index (χ3n) is 3.50. The van der Waals surface area contributed by atoms with Crippen LogP contribution in [-0.4, -0.2) is 20.3 Å². The minimum atomic E-state index is 0.702. The zero-order valence-electron chi connectivity index (χ0n) is 12.4. The molecule has 1 saturated carbocycles. The van der Waals surface area contributed by atoms with Crippen LogP contribution in [0.25, 0.3) is 0 Å². The third-order valence-corrected chi connectivity index (χ3v) is 4.08. The molecule has 20 heavy (non-hydrogen) atoms. The number of benzene rings is 1. The number of nitrogens with one attached hydrogen (secondary N) is 1. The summed E-state index contributed by atoms with van der Waals surface area (Å²) in [6, 6.07) is 4.16. The van der Waals surface area contributed by atoms with Crippen molar-refractivity contribution < 1.29 is 9.47 Å². The minimum absolute atomic E-state index is 0.702. The Morgan fingerprint density at radius 2 is 2.15 bits per heavy atom. The number of hydrogen-bond acceptors (Lipinski definition) is 3. The van der Waals surface area contributed by atoms with Crippen molar-refractivity contribution in [1.82, 2.24) is 5.32 Å². The van der Waals surface area contributed by atoms with Crippen molar-refractivity contribution in [2.45, 2.75) is 39.2 Å². The lowest BCUT2D eigenvalue weighted by Crippen LogP contribution is -2.15. The first-order valence-corrected chi connectivity index (χ1v) is 8.23. The van der Waals surface area contributed by atoms with Crippen LogP contribution in [-0.2, 0) is 6.54 Å². The summed E-state index contributed by atoms with van der Waals surface area (Å²) in [6.45, 7) is 4.76. The molecule has 0 amide bonds. The van der Waals surface area contributed by atoms with Crippen LogP contribution in [0.5, 0.6) is 11.5 Å².